The zero-order valence-electron chi connectivity index (χ0n) is 7.13. The Morgan fingerprint density at radius 3 is 3.15 bits per heavy atom. The van der Waals surface area contributed by atoms with Crippen LogP contribution in [0.25, 0.3) is 5.57 Å². The molecule has 2 nitrogen and oxygen atoms in total. The van der Waals surface area contributed by atoms with E-state index >= 15 is 0 Å². The number of nitrogens with one attached hydrogen (secondary N) is 1. The molecule has 0 saturated heterocycles. The number of hydrogen-bond acceptors (Lipinski definition) is 1. The second kappa shape index (κ2) is 2.22. The van der Waals surface area contributed by atoms with Crippen LogP contribution in [0.3, 0.4) is 0 Å². The molecule has 1 aromatic rings. The maximum Gasteiger partial charge on any atom is 0.252 e. The van der Waals surface area contributed by atoms with Crippen molar-refractivity contribution < 1.29 is 4.79 Å². The maximum absolute atomic E-state index is 11.5. The Bertz CT molecular complexity index is 432. The molecule has 0 fully saturated rings. The Hall–Kier alpha value is -1.57. The van der Waals surface area contributed by atoms with Gasteiger partial charge in [-0.2, -0.15) is 0 Å². The summed E-state index contributed by atoms with van der Waals surface area (Å²) in [5.74, 6) is 0.0656. The maximum atomic E-state index is 11.5. The fraction of sp³-hybridized carbons (Fsp3) is 0.182. The number of carbonyl (C=O) groups is 1. The summed E-state index contributed by atoms with van der Waals surface area (Å²) in [5.41, 5.74) is 4.60. The first kappa shape index (κ1) is 6.89. The Morgan fingerprint density at radius 2 is 2.23 bits per heavy atom. The van der Waals surface area contributed by atoms with Gasteiger partial charge in [0, 0.05) is 12.1 Å². The van der Waals surface area contributed by atoms with Crippen LogP contribution in [0.5, 0.6) is 0 Å². The van der Waals surface area contributed by atoms with Gasteiger partial charge in [0.15, 0.2) is 0 Å². The lowest BCUT2D eigenvalue weighted by molar-refractivity contribution is 0.0955. The molecule has 0 aromatic heterocycles. The number of allylic oxidation sites excluding steroid dienone is 1. The van der Waals surface area contributed by atoms with E-state index in [0.717, 1.165) is 12.0 Å². The van der Waals surface area contributed by atoms with E-state index < -0.39 is 0 Å². The highest BCUT2D eigenvalue weighted by Gasteiger charge is 2.25. The normalized spacial score (nSPS) is 17.8. The van der Waals surface area contributed by atoms with Crippen LogP contribution in [-0.4, -0.2) is 12.5 Å². The summed E-state index contributed by atoms with van der Waals surface area (Å²) >= 11 is 0. The molecule has 0 radical (unpaired) electrons. The van der Waals surface area contributed by atoms with Gasteiger partial charge in [0.2, 0.25) is 0 Å². The Labute approximate surface area is 76.3 Å². The van der Waals surface area contributed by atoms with Crippen molar-refractivity contribution in [3.63, 3.8) is 0 Å². The second-order valence-corrected chi connectivity index (χ2v) is 3.46. The lowest BCUT2D eigenvalue weighted by Crippen LogP contribution is -2.30. The van der Waals surface area contributed by atoms with E-state index in [-0.39, 0.29) is 5.91 Å². The van der Waals surface area contributed by atoms with Gasteiger partial charge in [-0.25, -0.2) is 0 Å². The molecule has 1 amide bonds. The van der Waals surface area contributed by atoms with Gasteiger partial charge in [-0.1, -0.05) is 18.2 Å². The van der Waals surface area contributed by atoms with Crippen LogP contribution in [0.2, 0.25) is 0 Å². The average Bonchev–Trinajstić information content (AvgIpc) is 2.57. The summed E-state index contributed by atoms with van der Waals surface area (Å²) in [4.78, 5) is 11.5. The van der Waals surface area contributed by atoms with Crippen molar-refractivity contribution in [2.75, 3.05) is 6.54 Å². The van der Waals surface area contributed by atoms with Crippen LogP contribution in [0, 0.1) is 0 Å². The van der Waals surface area contributed by atoms with E-state index in [9.17, 15) is 4.79 Å². The van der Waals surface area contributed by atoms with E-state index in [2.05, 4.69) is 17.5 Å². The van der Waals surface area contributed by atoms with E-state index in [1.54, 1.807) is 0 Å². The minimum atomic E-state index is 0.0656. The van der Waals surface area contributed by atoms with Crippen LogP contribution in [-0.2, 0) is 6.42 Å². The quantitative estimate of drug-likeness (QED) is 0.627. The van der Waals surface area contributed by atoms with Crippen molar-refractivity contribution in [3.8, 4) is 0 Å². The molecular formula is C11H9NO. The van der Waals surface area contributed by atoms with E-state index in [1.807, 2.05) is 12.1 Å². The lowest BCUT2D eigenvalue weighted by atomic mass is 9.95. The number of benzene rings is 1. The molecule has 1 aliphatic heterocycles. The summed E-state index contributed by atoms with van der Waals surface area (Å²) in [6.45, 7) is 0.697. The minimum Gasteiger partial charge on any atom is -0.348 e. The molecule has 2 heteroatoms. The molecule has 3 rings (SSSR count). The predicted octanol–water partition coefficient (Wildman–Crippen LogP) is 1.37. The van der Waals surface area contributed by atoms with Gasteiger partial charge in [0.05, 0.1) is 0 Å². The number of amides is 1. The second-order valence-electron chi connectivity index (χ2n) is 3.46. The zero-order valence-corrected chi connectivity index (χ0v) is 7.13. The molecule has 0 saturated carbocycles. The van der Waals surface area contributed by atoms with E-state index in [0.29, 0.717) is 6.54 Å². The minimum absolute atomic E-state index is 0.0656. The number of hydrogen-bond donors (Lipinski definition) is 1. The molecule has 0 unspecified atom stereocenters. The summed E-state index contributed by atoms with van der Waals surface area (Å²) in [6, 6.07) is 5.95. The van der Waals surface area contributed by atoms with E-state index in [1.165, 1.54) is 16.7 Å². The Kier molecular flexibility index (Phi) is 1.18. The summed E-state index contributed by atoms with van der Waals surface area (Å²) in [6.07, 6.45) is 3.18. The Balaban J connectivity index is 2.35. The van der Waals surface area contributed by atoms with Crippen molar-refractivity contribution in [1.29, 1.82) is 0 Å². The predicted molar refractivity (Wildman–Crippen MR) is 50.5 cm³/mol. The van der Waals surface area contributed by atoms with Crippen molar-refractivity contribution in [1.82, 2.24) is 5.32 Å². The monoisotopic (exact) mass is 171 g/mol. The molecule has 2 aliphatic rings. The van der Waals surface area contributed by atoms with Crippen LogP contribution in [0.4, 0.5) is 0 Å². The average molecular weight is 171 g/mol. The molecule has 64 valence electrons. The van der Waals surface area contributed by atoms with Gasteiger partial charge in [-0.05, 0) is 29.2 Å². The molecule has 0 atom stereocenters. The van der Waals surface area contributed by atoms with Gasteiger partial charge in [-0.3, -0.25) is 4.79 Å². The first-order chi connectivity index (χ1) is 6.36. The van der Waals surface area contributed by atoms with Crippen molar-refractivity contribution in [2.24, 2.45) is 0 Å². The van der Waals surface area contributed by atoms with Crippen molar-refractivity contribution in [3.05, 3.63) is 41.0 Å². The van der Waals surface area contributed by atoms with Gasteiger partial charge >= 0.3 is 0 Å². The van der Waals surface area contributed by atoms with Crippen LogP contribution in [0.1, 0.15) is 21.5 Å². The first-order valence-corrected chi connectivity index (χ1v) is 4.46. The van der Waals surface area contributed by atoms with Gasteiger partial charge in [0.25, 0.3) is 5.91 Å². The Morgan fingerprint density at radius 1 is 1.31 bits per heavy atom. The van der Waals surface area contributed by atoms with Crippen molar-refractivity contribution in [2.45, 2.75) is 6.42 Å². The largest absolute Gasteiger partial charge is 0.348 e. The summed E-state index contributed by atoms with van der Waals surface area (Å²) < 4.78 is 0. The molecule has 1 aliphatic carbocycles. The van der Waals surface area contributed by atoms with E-state index in [4.69, 9.17) is 0 Å². The number of carbonyl (C=O) groups excluding carboxylic acids is 1. The highest BCUT2D eigenvalue weighted by molar-refractivity contribution is 6.04. The lowest BCUT2D eigenvalue weighted by Gasteiger charge is -2.18. The zero-order chi connectivity index (χ0) is 8.84. The molecule has 0 bridgehead atoms. The van der Waals surface area contributed by atoms with Crippen molar-refractivity contribution >= 4 is 11.5 Å². The summed E-state index contributed by atoms with van der Waals surface area (Å²) in [7, 11) is 0. The molecular weight excluding hydrogens is 162 g/mol. The van der Waals surface area contributed by atoms with Crippen LogP contribution in [0.15, 0.2) is 24.3 Å². The number of rotatable bonds is 0. The molecule has 0 spiro atoms. The topological polar surface area (TPSA) is 29.1 Å². The highest BCUT2D eigenvalue weighted by Crippen LogP contribution is 2.32. The van der Waals surface area contributed by atoms with Crippen LogP contribution < -0.4 is 5.32 Å². The smallest absolute Gasteiger partial charge is 0.252 e. The molecule has 1 heterocycles. The fourth-order valence-corrected chi connectivity index (χ4v) is 2.11. The third-order valence-electron chi connectivity index (χ3n) is 2.72. The molecule has 1 N–H and O–H groups in total. The standard InChI is InChI=1S/C11H9NO/c13-11-9-3-1-2-7-4-5-8(6-12-11)10(7)9/h1-3,5H,4,6H2,(H,12,13). The molecule has 1 aromatic carbocycles. The van der Waals surface area contributed by atoms with Crippen LogP contribution >= 0.6 is 0 Å². The third-order valence-corrected chi connectivity index (χ3v) is 2.72. The van der Waals surface area contributed by atoms with Gasteiger partial charge in [0.1, 0.15) is 0 Å². The third kappa shape index (κ3) is 0.800. The first-order valence-electron chi connectivity index (χ1n) is 4.46. The van der Waals surface area contributed by atoms with Gasteiger partial charge < -0.3 is 5.32 Å². The SMILES string of the molecule is O=C1NCC2=CCc3cccc1c32. The summed E-state index contributed by atoms with van der Waals surface area (Å²) in [5, 5.41) is 2.87. The van der Waals surface area contributed by atoms with Gasteiger partial charge in [-0.15, -0.1) is 0 Å². The fourth-order valence-electron chi connectivity index (χ4n) is 2.11. The molecule has 13 heavy (non-hydrogen) atoms. The highest BCUT2D eigenvalue weighted by atomic mass is 16.1.